The van der Waals surface area contributed by atoms with Crippen molar-refractivity contribution in [1.29, 1.82) is 0 Å². The minimum atomic E-state index is -2.96. The molecule has 1 aromatic carbocycles. The molecule has 1 N–H and O–H groups in total. The van der Waals surface area contributed by atoms with Crippen LogP contribution in [0.5, 0.6) is 0 Å². The predicted molar refractivity (Wildman–Crippen MR) is 91.0 cm³/mol. The standard InChI is InChI=1S/C15H25ClN2O2S/c1-12(2)10-17-11-13-9-14(16)5-6-15(13)18(3)7-8-21(4,19)20/h5-6,9,12,17H,7-8,10-11H2,1-4H3. The Bertz CT molecular complexity index is 559. The van der Waals surface area contributed by atoms with E-state index in [1.807, 2.05) is 30.1 Å². The molecule has 0 unspecified atom stereocenters. The van der Waals surface area contributed by atoms with E-state index < -0.39 is 9.84 Å². The first-order chi connectivity index (χ1) is 9.69. The lowest BCUT2D eigenvalue weighted by Crippen LogP contribution is -2.27. The Kier molecular flexibility index (Phi) is 6.97. The molecule has 6 heteroatoms. The van der Waals surface area contributed by atoms with Crippen molar-refractivity contribution in [2.45, 2.75) is 20.4 Å². The van der Waals surface area contributed by atoms with Gasteiger partial charge in [0, 0.05) is 37.1 Å². The van der Waals surface area contributed by atoms with Crippen molar-refractivity contribution in [2.75, 3.05) is 37.0 Å². The maximum atomic E-state index is 11.3. The minimum absolute atomic E-state index is 0.144. The molecule has 0 saturated heterocycles. The number of nitrogens with one attached hydrogen (secondary N) is 1. The number of hydrogen-bond donors (Lipinski definition) is 1. The Hall–Kier alpha value is -0.780. The highest BCUT2D eigenvalue weighted by molar-refractivity contribution is 7.90. The summed E-state index contributed by atoms with van der Waals surface area (Å²) in [5.74, 6) is 0.723. The number of hydrogen-bond acceptors (Lipinski definition) is 4. The van der Waals surface area contributed by atoms with Gasteiger partial charge in [-0.3, -0.25) is 0 Å². The van der Waals surface area contributed by atoms with E-state index in [1.165, 1.54) is 6.26 Å². The van der Waals surface area contributed by atoms with Crippen LogP contribution >= 0.6 is 11.6 Å². The van der Waals surface area contributed by atoms with Crippen molar-refractivity contribution in [1.82, 2.24) is 5.32 Å². The molecule has 1 rings (SSSR count). The highest BCUT2D eigenvalue weighted by Crippen LogP contribution is 2.23. The molecule has 120 valence electrons. The zero-order valence-corrected chi connectivity index (χ0v) is 14.8. The monoisotopic (exact) mass is 332 g/mol. The molecule has 0 aromatic heterocycles. The van der Waals surface area contributed by atoms with Crippen LogP contribution in [0.25, 0.3) is 0 Å². The highest BCUT2D eigenvalue weighted by atomic mass is 35.5. The van der Waals surface area contributed by atoms with Crippen molar-refractivity contribution in [3.05, 3.63) is 28.8 Å². The van der Waals surface area contributed by atoms with Crippen molar-refractivity contribution in [3.63, 3.8) is 0 Å². The second-order valence-electron chi connectivity index (χ2n) is 5.85. The molecule has 0 radical (unpaired) electrons. The molecule has 21 heavy (non-hydrogen) atoms. The molecule has 0 aliphatic heterocycles. The molecular weight excluding hydrogens is 308 g/mol. The van der Waals surface area contributed by atoms with E-state index in [4.69, 9.17) is 11.6 Å². The molecular formula is C15H25ClN2O2S. The van der Waals surface area contributed by atoms with E-state index in [2.05, 4.69) is 19.2 Å². The van der Waals surface area contributed by atoms with Gasteiger partial charge >= 0.3 is 0 Å². The van der Waals surface area contributed by atoms with Crippen LogP contribution in [0.1, 0.15) is 19.4 Å². The molecule has 0 saturated carbocycles. The SMILES string of the molecule is CC(C)CNCc1cc(Cl)ccc1N(C)CCS(C)(=O)=O. The largest absolute Gasteiger partial charge is 0.373 e. The highest BCUT2D eigenvalue weighted by Gasteiger charge is 2.11. The van der Waals surface area contributed by atoms with Crippen molar-refractivity contribution >= 4 is 27.1 Å². The number of benzene rings is 1. The van der Waals surface area contributed by atoms with Gasteiger partial charge in [0.1, 0.15) is 9.84 Å². The Balaban J connectivity index is 2.80. The number of anilines is 1. The Morgan fingerprint density at radius 1 is 1.33 bits per heavy atom. The third-order valence-electron chi connectivity index (χ3n) is 3.12. The maximum absolute atomic E-state index is 11.3. The fraction of sp³-hybridized carbons (Fsp3) is 0.600. The van der Waals surface area contributed by atoms with Gasteiger partial charge in [-0.15, -0.1) is 0 Å². The summed E-state index contributed by atoms with van der Waals surface area (Å²) in [4.78, 5) is 1.96. The average Bonchev–Trinajstić information content (AvgIpc) is 2.35. The van der Waals surface area contributed by atoms with Gasteiger partial charge in [-0.1, -0.05) is 25.4 Å². The second-order valence-corrected chi connectivity index (χ2v) is 8.55. The van der Waals surface area contributed by atoms with Gasteiger partial charge in [-0.05, 0) is 36.2 Å². The minimum Gasteiger partial charge on any atom is -0.373 e. The number of sulfone groups is 1. The smallest absolute Gasteiger partial charge is 0.149 e. The Morgan fingerprint density at radius 2 is 2.00 bits per heavy atom. The van der Waals surface area contributed by atoms with Gasteiger partial charge < -0.3 is 10.2 Å². The van der Waals surface area contributed by atoms with Crippen LogP contribution < -0.4 is 10.2 Å². The van der Waals surface area contributed by atoms with E-state index in [0.717, 1.165) is 24.3 Å². The molecule has 0 fully saturated rings. The zero-order valence-electron chi connectivity index (χ0n) is 13.2. The van der Waals surface area contributed by atoms with E-state index in [1.54, 1.807) is 0 Å². The van der Waals surface area contributed by atoms with Crippen LogP contribution in [0.4, 0.5) is 5.69 Å². The molecule has 0 heterocycles. The van der Waals surface area contributed by atoms with Crippen LogP contribution in [0, 0.1) is 5.92 Å². The first-order valence-corrected chi connectivity index (χ1v) is 9.51. The van der Waals surface area contributed by atoms with E-state index >= 15 is 0 Å². The van der Waals surface area contributed by atoms with Gasteiger partial charge in [-0.25, -0.2) is 8.42 Å². The summed E-state index contributed by atoms with van der Waals surface area (Å²) in [5.41, 5.74) is 2.10. The molecule has 0 aliphatic rings. The van der Waals surface area contributed by atoms with E-state index in [9.17, 15) is 8.42 Å². The maximum Gasteiger partial charge on any atom is 0.149 e. The van der Waals surface area contributed by atoms with Gasteiger partial charge in [0.15, 0.2) is 0 Å². The lowest BCUT2D eigenvalue weighted by atomic mass is 10.1. The topological polar surface area (TPSA) is 49.4 Å². The summed E-state index contributed by atoms with van der Waals surface area (Å²) < 4.78 is 22.6. The number of halogens is 1. The summed E-state index contributed by atoms with van der Waals surface area (Å²) in [6, 6.07) is 5.71. The van der Waals surface area contributed by atoms with Crippen LogP contribution in [-0.2, 0) is 16.4 Å². The molecule has 4 nitrogen and oxygen atoms in total. The molecule has 1 aromatic rings. The molecule has 0 amide bonds. The molecule has 0 spiro atoms. The normalized spacial score (nSPS) is 11.9. The Morgan fingerprint density at radius 3 is 2.57 bits per heavy atom. The Labute approximate surface area is 133 Å². The third-order valence-corrected chi connectivity index (χ3v) is 4.28. The summed E-state index contributed by atoms with van der Waals surface area (Å²) in [6.45, 7) is 6.43. The van der Waals surface area contributed by atoms with Crippen LogP contribution in [0.15, 0.2) is 18.2 Å². The molecule has 0 bridgehead atoms. The fourth-order valence-corrected chi connectivity index (χ4v) is 2.79. The lowest BCUT2D eigenvalue weighted by molar-refractivity contribution is 0.552. The second kappa shape index (κ2) is 8.01. The van der Waals surface area contributed by atoms with Gasteiger partial charge in [-0.2, -0.15) is 0 Å². The van der Waals surface area contributed by atoms with Crippen LogP contribution in [0.3, 0.4) is 0 Å². The summed E-state index contributed by atoms with van der Waals surface area (Å²) in [5, 5.41) is 4.08. The third kappa shape index (κ3) is 7.16. The van der Waals surface area contributed by atoms with Crippen molar-refractivity contribution in [2.24, 2.45) is 5.92 Å². The first-order valence-electron chi connectivity index (χ1n) is 7.07. The fourth-order valence-electron chi connectivity index (χ4n) is 1.99. The average molecular weight is 333 g/mol. The lowest BCUT2D eigenvalue weighted by Gasteiger charge is -2.23. The van der Waals surface area contributed by atoms with Crippen LogP contribution in [-0.4, -0.2) is 40.6 Å². The number of nitrogens with zero attached hydrogens (tertiary/aromatic N) is 1. The predicted octanol–water partition coefficient (Wildman–Crippen LogP) is 2.57. The number of rotatable bonds is 8. The van der Waals surface area contributed by atoms with Gasteiger partial charge in [0.25, 0.3) is 0 Å². The van der Waals surface area contributed by atoms with Crippen LogP contribution in [0.2, 0.25) is 5.02 Å². The van der Waals surface area contributed by atoms with E-state index in [0.29, 0.717) is 17.5 Å². The summed E-state index contributed by atoms with van der Waals surface area (Å²) >= 11 is 6.07. The summed E-state index contributed by atoms with van der Waals surface area (Å²) in [7, 11) is -1.06. The molecule has 0 aliphatic carbocycles. The van der Waals surface area contributed by atoms with E-state index in [-0.39, 0.29) is 5.75 Å². The van der Waals surface area contributed by atoms with Gasteiger partial charge in [0.2, 0.25) is 0 Å². The molecule has 0 atom stereocenters. The first kappa shape index (κ1) is 18.3. The van der Waals surface area contributed by atoms with Crippen molar-refractivity contribution in [3.8, 4) is 0 Å². The van der Waals surface area contributed by atoms with Gasteiger partial charge in [0.05, 0.1) is 5.75 Å². The van der Waals surface area contributed by atoms with Crippen molar-refractivity contribution < 1.29 is 8.42 Å². The quantitative estimate of drug-likeness (QED) is 0.795. The zero-order chi connectivity index (χ0) is 16.0. The summed E-state index contributed by atoms with van der Waals surface area (Å²) in [6.07, 6.45) is 1.26.